The van der Waals surface area contributed by atoms with Gasteiger partial charge in [0.05, 0.1) is 18.7 Å². The molecule has 0 spiro atoms. The summed E-state index contributed by atoms with van der Waals surface area (Å²) in [5.74, 6) is 0.607. The van der Waals surface area contributed by atoms with E-state index < -0.39 is 6.04 Å². The summed E-state index contributed by atoms with van der Waals surface area (Å²) in [7, 11) is 1.35. The highest BCUT2D eigenvalue weighted by atomic mass is 35.5. The Kier molecular flexibility index (Phi) is 6.66. The fourth-order valence-corrected chi connectivity index (χ4v) is 4.10. The molecule has 27 heavy (non-hydrogen) atoms. The van der Waals surface area contributed by atoms with Gasteiger partial charge < -0.3 is 14.4 Å². The van der Waals surface area contributed by atoms with E-state index in [1.54, 1.807) is 18.2 Å². The number of hydrogen-bond acceptors (Lipinski definition) is 4. The minimum Gasteiger partial charge on any atom is -0.467 e. The first-order chi connectivity index (χ1) is 13.0. The fraction of sp³-hybridized carbons (Fsp3) is 0.500. The Labute approximate surface area is 169 Å². The van der Waals surface area contributed by atoms with Crippen molar-refractivity contribution in [3.05, 3.63) is 40.1 Å². The molecule has 2 aliphatic rings. The molecule has 1 aromatic rings. The normalized spacial score (nSPS) is 19.0. The molecule has 1 saturated carbocycles. The molecule has 146 valence electrons. The SMILES string of the molecule is COC(=O)C(CC1CCCCC1)N1CC(Oc2cccc(Cl)c2Cl)=CC1=O. The van der Waals surface area contributed by atoms with Crippen LogP contribution in [0.3, 0.4) is 0 Å². The van der Waals surface area contributed by atoms with E-state index in [1.807, 2.05) is 0 Å². The van der Waals surface area contributed by atoms with Crippen LogP contribution in [0.15, 0.2) is 30.0 Å². The van der Waals surface area contributed by atoms with Gasteiger partial charge in [0.25, 0.3) is 5.91 Å². The summed E-state index contributed by atoms with van der Waals surface area (Å²) < 4.78 is 10.7. The van der Waals surface area contributed by atoms with E-state index in [9.17, 15) is 9.59 Å². The first-order valence-electron chi connectivity index (χ1n) is 9.20. The molecule has 1 fully saturated rings. The largest absolute Gasteiger partial charge is 0.467 e. The highest BCUT2D eigenvalue weighted by Crippen LogP contribution is 2.34. The molecule has 1 amide bonds. The van der Waals surface area contributed by atoms with Crippen LogP contribution >= 0.6 is 23.2 Å². The molecule has 0 radical (unpaired) electrons. The lowest BCUT2D eigenvalue weighted by Crippen LogP contribution is -2.44. The van der Waals surface area contributed by atoms with Crippen LogP contribution < -0.4 is 4.74 Å². The Morgan fingerprint density at radius 3 is 2.70 bits per heavy atom. The molecule has 0 N–H and O–H groups in total. The molecule has 1 atom stereocenters. The van der Waals surface area contributed by atoms with E-state index in [0.29, 0.717) is 28.9 Å². The maximum Gasteiger partial charge on any atom is 0.328 e. The van der Waals surface area contributed by atoms with Crippen molar-refractivity contribution in [2.75, 3.05) is 13.7 Å². The quantitative estimate of drug-likeness (QED) is 0.641. The first kappa shape index (κ1) is 20.0. The van der Waals surface area contributed by atoms with Crippen LogP contribution in [0.2, 0.25) is 10.0 Å². The number of ether oxygens (including phenoxy) is 2. The van der Waals surface area contributed by atoms with E-state index in [1.165, 1.54) is 37.3 Å². The summed E-state index contributed by atoms with van der Waals surface area (Å²) in [5, 5.41) is 0.665. The number of halogens is 2. The summed E-state index contributed by atoms with van der Waals surface area (Å²) in [6.45, 7) is 0.203. The average Bonchev–Trinajstić information content (AvgIpc) is 3.03. The Balaban J connectivity index is 1.71. The van der Waals surface area contributed by atoms with Gasteiger partial charge in [-0.2, -0.15) is 0 Å². The van der Waals surface area contributed by atoms with E-state index in [-0.39, 0.29) is 23.4 Å². The van der Waals surface area contributed by atoms with Gasteiger partial charge in [0.1, 0.15) is 22.6 Å². The molecule has 1 aliphatic carbocycles. The maximum atomic E-state index is 12.5. The Hall–Kier alpha value is -1.72. The average molecular weight is 412 g/mol. The number of hydrogen-bond donors (Lipinski definition) is 0. The van der Waals surface area contributed by atoms with Crippen LogP contribution in [0.4, 0.5) is 0 Å². The number of nitrogens with zero attached hydrogens (tertiary/aromatic N) is 1. The van der Waals surface area contributed by atoms with Crippen LogP contribution in [0.1, 0.15) is 38.5 Å². The monoisotopic (exact) mass is 411 g/mol. The number of esters is 1. The van der Waals surface area contributed by atoms with Crippen molar-refractivity contribution in [1.29, 1.82) is 0 Å². The van der Waals surface area contributed by atoms with Gasteiger partial charge in [0, 0.05) is 6.08 Å². The molecule has 5 nitrogen and oxygen atoms in total. The van der Waals surface area contributed by atoms with Gasteiger partial charge in [0.15, 0.2) is 0 Å². The number of carbonyl (C=O) groups is 2. The molecule has 3 rings (SSSR count). The van der Waals surface area contributed by atoms with Crippen LogP contribution in [-0.4, -0.2) is 36.5 Å². The van der Waals surface area contributed by atoms with Gasteiger partial charge in [-0.05, 0) is 24.5 Å². The lowest BCUT2D eigenvalue weighted by atomic mass is 9.84. The second-order valence-corrected chi connectivity index (χ2v) is 7.79. The second kappa shape index (κ2) is 8.98. The lowest BCUT2D eigenvalue weighted by molar-refractivity contribution is -0.151. The summed E-state index contributed by atoms with van der Waals surface area (Å²) in [5.41, 5.74) is 0. The van der Waals surface area contributed by atoms with Crippen LogP contribution in [0.5, 0.6) is 5.75 Å². The van der Waals surface area contributed by atoms with Gasteiger partial charge in [-0.1, -0.05) is 61.4 Å². The van der Waals surface area contributed by atoms with Crippen molar-refractivity contribution in [3.63, 3.8) is 0 Å². The van der Waals surface area contributed by atoms with E-state index in [0.717, 1.165) is 12.8 Å². The fourth-order valence-electron chi connectivity index (χ4n) is 3.77. The van der Waals surface area contributed by atoms with Crippen molar-refractivity contribution in [3.8, 4) is 5.75 Å². The third-order valence-electron chi connectivity index (χ3n) is 5.18. The molecular weight excluding hydrogens is 389 g/mol. The minimum absolute atomic E-state index is 0.203. The molecule has 7 heteroatoms. The molecular formula is C20H23Cl2NO4. The minimum atomic E-state index is -0.599. The van der Waals surface area contributed by atoms with Crippen molar-refractivity contribution in [1.82, 2.24) is 4.90 Å². The van der Waals surface area contributed by atoms with Gasteiger partial charge in [0.2, 0.25) is 0 Å². The van der Waals surface area contributed by atoms with Gasteiger partial charge >= 0.3 is 5.97 Å². The molecule has 1 aromatic carbocycles. The van der Waals surface area contributed by atoms with Gasteiger partial charge in [-0.3, -0.25) is 4.79 Å². The van der Waals surface area contributed by atoms with Crippen LogP contribution in [-0.2, 0) is 14.3 Å². The number of rotatable bonds is 6. The van der Waals surface area contributed by atoms with Crippen LogP contribution in [0, 0.1) is 5.92 Å². The molecule has 0 bridgehead atoms. The van der Waals surface area contributed by atoms with E-state index in [4.69, 9.17) is 32.7 Å². The first-order valence-corrected chi connectivity index (χ1v) is 9.96. The molecule has 0 saturated heterocycles. The molecule has 1 heterocycles. The zero-order chi connectivity index (χ0) is 19.4. The smallest absolute Gasteiger partial charge is 0.328 e. The number of carbonyl (C=O) groups excluding carboxylic acids is 2. The highest BCUT2D eigenvalue weighted by Gasteiger charge is 2.36. The highest BCUT2D eigenvalue weighted by molar-refractivity contribution is 6.42. The zero-order valence-corrected chi connectivity index (χ0v) is 16.8. The Morgan fingerprint density at radius 1 is 1.26 bits per heavy atom. The van der Waals surface area contributed by atoms with Crippen LogP contribution in [0.25, 0.3) is 0 Å². The third kappa shape index (κ3) is 4.77. The maximum absolute atomic E-state index is 12.5. The van der Waals surface area contributed by atoms with E-state index in [2.05, 4.69) is 0 Å². The predicted molar refractivity (Wildman–Crippen MR) is 104 cm³/mol. The van der Waals surface area contributed by atoms with Crippen molar-refractivity contribution in [2.24, 2.45) is 5.92 Å². The number of amides is 1. The van der Waals surface area contributed by atoms with Gasteiger partial charge in [-0.15, -0.1) is 0 Å². The van der Waals surface area contributed by atoms with Crippen molar-refractivity contribution >= 4 is 35.1 Å². The Bertz CT molecular complexity index is 743. The topological polar surface area (TPSA) is 55.8 Å². The lowest BCUT2D eigenvalue weighted by Gasteiger charge is -2.30. The summed E-state index contributed by atoms with van der Waals surface area (Å²) >= 11 is 12.2. The molecule has 1 aliphatic heterocycles. The zero-order valence-electron chi connectivity index (χ0n) is 15.2. The van der Waals surface area contributed by atoms with E-state index >= 15 is 0 Å². The summed E-state index contributed by atoms with van der Waals surface area (Å²) in [6, 6.07) is 4.47. The predicted octanol–water partition coefficient (Wildman–Crippen LogP) is 4.61. The second-order valence-electron chi connectivity index (χ2n) is 7.01. The number of benzene rings is 1. The summed E-state index contributed by atoms with van der Waals surface area (Å²) in [6.07, 6.45) is 7.78. The molecule has 1 unspecified atom stereocenters. The van der Waals surface area contributed by atoms with Gasteiger partial charge in [-0.25, -0.2) is 4.79 Å². The summed E-state index contributed by atoms with van der Waals surface area (Å²) in [4.78, 5) is 26.4. The Morgan fingerprint density at radius 2 is 2.00 bits per heavy atom. The third-order valence-corrected chi connectivity index (χ3v) is 5.98. The number of methoxy groups -OCH3 is 1. The van der Waals surface area contributed by atoms with Crippen molar-refractivity contribution in [2.45, 2.75) is 44.6 Å². The standard InChI is InChI=1S/C20H23Cl2NO4/c1-26-20(25)16(10-13-6-3-2-4-7-13)23-12-14(11-18(23)24)27-17-9-5-8-15(21)19(17)22/h5,8-9,11,13,16H,2-4,6-7,10,12H2,1H3. The van der Waals surface area contributed by atoms with Crippen molar-refractivity contribution < 1.29 is 19.1 Å². The molecule has 0 aromatic heterocycles.